The van der Waals surface area contributed by atoms with Gasteiger partial charge < -0.3 is 14.8 Å². The molecule has 1 amide bonds. The molecule has 0 aliphatic rings. The van der Waals surface area contributed by atoms with Crippen LogP contribution in [0.1, 0.15) is 6.42 Å². The molecule has 0 aliphatic carbocycles. The minimum atomic E-state index is -0.261. The third kappa shape index (κ3) is 6.15. The van der Waals surface area contributed by atoms with Crippen molar-refractivity contribution in [3.8, 4) is 5.75 Å². The van der Waals surface area contributed by atoms with E-state index in [9.17, 15) is 9.59 Å². The Morgan fingerprint density at radius 3 is 2.47 bits per heavy atom. The molecule has 6 heteroatoms. The predicted molar refractivity (Wildman–Crippen MR) is 75.6 cm³/mol. The monoisotopic (exact) mass is 283 g/mol. The molecule has 0 bridgehead atoms. The van der Waals surface area contributed by atoms with Crippen molar-refractivity contribution >= 4 is 29.3 Å². The lowest BCUT2D eigenvalue weighted by atomic mass is 10.3. The zero-order valence-electron chi connectivity index (χ0n) is 11.0. The van der Waals surface area contributed by atoms with Crippen LogP contribution < -0.4 is 10.1 Å². The fourth-order valence-corrected chi connectivity index (χ4v) is 2.01. The fraction of sp³-hybridized carbons (Fsp3) is 0.385. The molecule has 19 heavy (non-hydrogen) atoms. The largest absolute Gasteiger partial charge is 0.497 e. The first-order chi connectivity index (χ1) is 9.15. The highest BCUT2D eigenvalue weighted by Crippen LogP contribution is 2.15. The molecule has 1 N–H and O–H groups in total. The summed E-state index contributed by atoms with van der Waals surface area (Å²) in [5.41, 5.74) is 0.722. The van der Waals surface area contributed by atoms with Crippen LogP contribution in [0.5, 0.6) is 5.75 Å². The molecule has 5 nitrogen and oxygen atoms in total. The van der Waals surface area contributed by atoms with Crippen molar-refractivity contribution < 1.29 is 19.1 Å². The van der Waals surface area contributed by atoms with Gasteiger partial charge in [-0.15, -0.1) is 0 Å². The van der Waals surface area contributed by atoms with E-state index in [-0.39, 0.29) is 11.9 Å². The number of benzene rings is 1. The molecule has 1 aromatic carbocycles. The van der Waals surface area contributed by atoms with Gasteiger partial charge >= 0.3 is 5.97 Å². The lowest BCUT2D eigenvalue weighted by Gasteiger charge is -2.06. The van der Waals surface area contributed by atoms with Gasteiger partial charge in [0.2, 0.25) is 5.91 Å². The standard InChI is InChI=1S/C13H17NO4S/c1-17-11-5-3-10(4-6-11)14-12(15)9-19-8-7-13(16)18-2/h3-6H,7-9H2,1-2H3,(H,14,15). The molecule has 0 radical (unpaired) electrons. The van der Waals surface area contributed by atoms with Crippen LogP contribution in [0.25, 0.3) is 0 Å². The number of nitrogens with one attached hydrogen (secondary N) is 1. The highest BCUT2D eigenvalue weighted by molar-refractivity contribution is 7.99. The molecule has 0 spiro atoms. The van der Waals surface area contributed by atoms with Crippen LogP contribution in [-0.4, -0.2) is 37.6 Å². The van der Waals surface area contributed by atoms with Gasteiger partial charge in [0.05, 0.1) is 26.4 Å². The number of esters is 1. The first kappa shape index (κ1) is 15.4. The molecule has 0 fully saturated rings. The van der Waals surface area contributed by atoms with Gasteiger partial charge in [-0.1, -0.05) is 0 Å². The third-order valence-electron chi connectivity index (χ3n) is 2.29. The Balaban J connectivity index is 2.25. The quantitative estimate of drug-likeness (QED) is 0.612. The first-order valence-corrected chi connectivity index (χ1v) is 6.89. The molecule has 0 atom stereocenters. The van der Waals surface area contributed by atoms with Crippen LogP contribution in [0.3, 0.4) is 0 Å². The summed E-state index contributed by atoms with van der Waals surface area (Å²) in [4.78, 5) is 22.5. The number of amides is 1. The summed E-state index contributed by atoms with van der Waals surface area (Å²) in [5, 5.41) is 2.76. The molecule has 0 aliphatic heterocycles. The summed E-state index contributed by atoms with van der Waals surface area (Å²) < 4.78 is 9.54. The van der Waals surface area contributed by atoms with Gasteiger partial charge in [-0.3, -0.25) is 9.59 Å². The average molecular weight is 283 g/mol. The Hall–Kier alpha value is -1.69. The molecule has 1 aromatic rings. The third-order valence-corrected chi connectivity index (χ3v) is 3.24. The van der Waals surface area contributed by atoms with Crippen LogP contribution in [0.4, 0.5) is 5.69 Å². The van der Waals surface area contributed by atoms with Crippen LogP contribution >= 0.6 is 11.8 Å². The zero-order chi connectivity index (χ0) is 14.1. The van der Waals surface area contributed by atoms with Crippen molar-refractivity contribution in [2.45, 2.75) is 6.42 Å². The highest BCUT2D eigenvalue weighted by atomic mass is 32.2. The maximum absolute atomic E-state index is 11.6. The number of rotatable bonds is 7. The van der Waals surface area contributed by atoms with Crippen molar-refractivity contribution in [1.82, 2.24) is 0 Å². The normalized spacial score (nSPS) is 9.79. The number of hydrogen-bond donors (Lipinski definition) is 1. The summed E-state index contributed by atoms with van der Waals surface area (Å²) >= 11 is 1.39. The number of methoxy groups -OCH3 is 2. The lowest BCUT2D eigenvalue weighted by molar-refractivity contribution is -0.140. The Morgan fingerprint density at radius 1 is 1.21 bits per heavy atom. The van der Waals surface area contributed by atoms with Crippen molar-refractivity contribution in [3.63, 3.8) is 0 Å². The summed E-state index contributed by atoms with van der Waals surface area (Å²) in [6.07, 6.45) is 0.316. The van der Waals surface area contributed by atoms with Gasteiger partial charge in [0.15, 0.2) is 0 Å². The smallest absolute Gasteiger partial charge is 0.306 e. The maximum atomic E-state index is 11.6. The number of carbonyl (C=O) groups is 2. The fourth-order valence-electron chi connectivity index (χ4n) is 1.29. The zero-order valence-corrected chi connectivity index (χ0v) is 11.8. The lowest BCUT2D eigenvalue weighted by Crippen LogP contribution is -2.14. The van der Waals surface area contributed by atoms with Crippen molar-refractivity contribution in [3.05, 3.63) is 24.3 Å². The van der Waals surface area contributed by atoms with Crippen molar-refractivity contribution in [1.29, 1.82) is 0 Å². The number of ether oxygens (including phenoxy) is 2. The van der Waals surface area contributed by atoms with E-state index in [0.717, 1.165) is 11.4 Å². The molecular formula is C13H17NO4S. The highest BCUT2D eigenvalue weighted by Gasteiger charge is 2.04. The van der Waals surface area contributed by atoms with Gasteiger partial charge in [-0.05, 0) is 24.3 Å². The molecule has 0 heterocycles. The molecule has 0 saturated carbocycles. The van der Waals surface area contributed by atoms with Crippen LogP contribution in [0.15, 0.2) is 24.3 Å². The average Bonchev–Trinajstić information content (AvgIpc) is 2.44. The number of thioether (sulfide) groups is 1. The maximum Gasteiger partial charge on any atom is 0.306 e. The minimum Gasteiger partial charge on any atom is -0.497 e. The summed E-state index contributed by atoms with van der Waals surface area (Å²) in [5.74, 6) is 1.26. The minimum absolute atomic E-state index is 0.0972. The number of anilines is 1. The Bertz CT molecular complexity index is 419. The first-order valence-electron chi connectivity index (χ1n) is 5.74. The predicted octanol–water partition coefficient (Wildman–Crippen LogP) is 1.93. The van der Waals surface area contributed by atoms with Crippen LogP contribution in [0.2, 0.25) is 0 Å². The second-order valence-corrected chi connectivity index (χ2v) is 4.76. The second-order valence-electron chi connectivity index (χ2n) is 3.66. The van der Waals surface area contributed by atoms with E-state index in [0.29, 0.717) is 17.9 Å². The van der Waals surface area contributed by atoms with Crippen molar-refractivity contribution in [2.75, 3.05) is 31.0 Å². The Labute approximate surface area is 116 Å². The number of carbonyl (C=O) groups excluding carboxylic acids is 2. The second kappa shape index (κ2) is 8.42. The van der Waals surface area contributed by atoms with Gasteiger partial charge in [0.25, 0.3) is 0 Å². The van der Waals surface area contributed by atoms with E-state index in [1.54, 1.807) is 31.4 Å². The van der Waals surface area contributed by atoms with Crippen molar-refractivity contribution in [2.24, 2.45) is 0 Å². The van der Waals surface area contributed by atoms with E-state index < -0.39 is 0 Å². The molecule has 0 unspecified atom stereocenters. The molecule has 104 valence electrons. The molecule has 1 rings (SSSR count). The summed E-state index contributed by atoms with van der Waals surface area (Å²) in [6.45, 7) is 0. The van der Waals surface area contributed by atoms with Gasteiger partial charge in [-0.25, -0.2) is 0 Å². The van der Waals surface area contributed by atoms with E-state index in [4.69, 9.17) is 4.74 Å². The SMILES string of the molecule is COC(=O)CCSCC(=O)Nc1ccc(OC)cc1. The van der Waals surface area contributed by atoms with Gasteiger partial charge in [-0.2, -0.15) is 11.8 Å². The van der Waals surface area contributed by atoms with Gasteiger partial charge in [0.1, 0.15) is 5.75 Å². The Morgan fingerprint density at radius 2 is 1.89 bits per heavy atom. The molecular weight excluding hydrogens is 266 g/mol. The van der Waals surface area contributed by atoms with E-state index >= 15 is 0 Å². The van der Waals surface area contributed by atoms with Crippen LogP contribution in [0, 0.1) is 0 Å². The topological polar surface area (TPSA) is 64.6 Å². The van der Waals surface area contributed by atoms with E-state index in [2.05, 4.69) is 10.1 Å². The van der Waals surface area contributed by atoms with Gasteiger partial charge in [0, 0.05) is 11.4 Å². The molecule has 0 aromatic heterocycles. The number of hydrogen-bond acceptors (Lipinski definition) is 5. The van der Waals surface area contributed by atoms with E-state index in [1.165, 1.54) is 18.9 Å². The Kier molecular flexibility index (Phi) is 6.81. The van der Waals surface area contributed by atoms with E-state index in [1.807, 2.05) is 0 Å². The van der Waals surface area contributed by atoms with Crippen LogP contribution in [-0.2, 0) is 14.3 Å². The summed E-state index contributed by atoms with van der Waals surface area (Å²) in [7, 11) is 2.94. The summed E-state index contributed by atoms with van der Waals surface area (Å²) in [6, 6.07) is 7.10. The molecule has 0 saturated heterocycles.